The fourth-order valence-corrected chi connectivity index (χ4v) is 2.89. The molecule has 0 aliphatic heterocycles. The Morgan fingerprint density at radius 2 is 1.50 bits per heavy atom. The molecular formula is C20H18O6. The smallest absolute Gasteiger partial charge is 0.344 e. The minimum atomic E-state index is -0.569. The lowest BCUT2D eigenvalue weighted by Crippen LogP contribution is -2.13. The molecule has 0 fully saturated rings. The Kier molecular flexibility index (Phi) is 4.67. The van der Waals surface area contributed by atoms with Crippen molar-refractivity contribution in [2.45, 2.75) is 6.92 Å². The number of fused-ring (bicyclic) bond motifs is 1. The number of aryl methyl sites for hydroxylation is 1. The van der Waals surface area contributed by atoms with Crippen LogP contribution in [-0.4, -0.2) is 27.1 Å². The van der Waals surface area contributed by atoms with Gasteiger partial charge in [0.2, 0.25) is 5.78 Å². The first-order chi connectivity index (χ1) is 12.5. The summed E-state index contributed by atoms with van der Waals surface area (Å²) in [6, 6.07) is 10.1. The molecule has 0 saturated carbocycles. The summed E-state index contributed by atoms with van der Waals surface area (Å²) in [4.78, 5) is 25.5. The highest BCUT2D eigenvalue weighted by molar-refractivity contribution is 6.13. The number of rotatable bonds is 5. The van der Waals surface area contributed by atoms with Crippen LogP contribution in [0, 0.1) is 6.92 Å². The van der Waals surface area contributed by atoms with E-state index in [0.717, 1.165) is 0 Å². The number of carbonyl (C=O) groups is 1. The van der Waals surface area contributed by atoms with E-state index in [1.54, 1.807) is 43.3 Å². The van der Waals surface area contributed by atoms with Crippen molar-refractivity contribution >= 4 is 16.6 Å². The number of hydrogen-bond donors (Lipinski definition) is 0. The maximum absolute atomic E-state index is 13.2. The van der Waals surface area contributed by atoms with Gasteiger partial charge in [-0.05, 0) is 18.4 Å². The van der Waals surface area contributed by atoms with Crippen LogP contribution in [0.5, 0.6) is 17.2 Å². The van der Waals surface area contributed by atoms with Crippen LogP contribution in [0.25, 0.3) is 10.8 Å². The first-order valence-corrected chi connectivity index (χ1v) is 7.89. The molecule has 0 N–H and O–H groups in total. The van der Waals surface area contributed by atoms with Crippen LogP contribution in [0.1, 0.15) is 21.7 Å². The molecule has 0 aliphatic carbocycles. The summed E-state index contributed by atoms with van der Waals surface area (Å²) in [5.74, 6) is 0.465. The second-order valence-electron chi connectivity index (χ2n) is 5.63. The maximum atomic E-state index is 13.2. The molecule has 0 aliphatic rings. The highest BCUT2D eigenvalue weighted by Gasteiger charge is 2.26. The van der Waals surface area contributed by atoms with E-state index in [4.69, 9.17) is 18.6 Å². The third-order valence-electron chi connectivity index (χ3n) is 4.23. The molecule has 2 aromatic carbocycles. The Morgan fingerprint density at radius 3 is 2.04 bits per heavy atom. The average molecular weight is 354 g/mol. The van der Waals surface area contributed by atoms with E-state index in [2.05, 4.69) is 0 Å². The number of ketones is 1. The average Bonchev–Trinajstić information content (AvgIpc) is 2.69. The molecule has 1 aromatic heterocycles. The van der Waals surface area contributed by atoms with Gasteiger partial charge >= 0.3 is 5.63 Å². The van der Waals surface area contributed by atoms with Gasteiger partial charge in [0.1, 0.15) is 22.8 Å². The normalized spacial score (nSPS) is 10.6. The zero-order valence-corrected chi connectivity index (χ0v) is 14.9. The zero-order valence-electron chi connectivity index (χ0n) is 14.9. The largest absolute Gasteiger partial charge is 0.496 e. The summed E-state index contributed by atoms with van der Waals surface area (Å²) in [6.45, 7) is 1.74. The summed E-state index contributed by atoms with van der Waals surface area (Å²) in [5.41, 5.74) is 0.170. The molecule has 0 unspecified atom stereocenters. The number of hydrogen-bond acceptors (Lipinski definition) is 6. The van der Waals surface area contributed by atoms with E-state index in [9.17, 15) is 9.59 Å². The third kappa shape index (κ3) is 2.79. The Hall–Kier alpha value is -3.28. The quantitative estimate of drug-likeness (QED) is 0.654. The number of benzene rings is 2. The van der Waals surface area contributed by atoms with Gasteiger partial charge in [0, 0.05) is 17.7 Å². The first-order valence-electron chi connectivity index (χ1n) is 7.89. The minimum Gasteiger partial charge on any atom is -0.496 e. The van der Waals surface area contributed by atoms with E-state index >= 15 is 0 Å². The van der Waals surface area contributed by atoms with Crippen LogP contribution in [0.2, 0.25) is 0 Å². The van der Waals surface area contributed by atoms with Crippen molar-refractivity contribution in [2.75, 3.05) is 21.3 Å². The first kappa shape index (κ1) is 17.5. The van der Waals surface area contributed by atoms with Crippen LogP contribution in [-0.2, 0) is 0 Å². The van der Waals surface area contributed by atoms with Crippen LogP contribution >= 0.6 is 0 Å². The van der Waals surface area contributed by atoms with Crippen molar-refractivity contribution in [3.63, 3.8) is 0 Å². The van der Waals surface area contributed by atoms with Crippen molar-refractivity contribution < 1.29 is 23.4 Å². The summed E-state index contributed by atoms with van der Waals surface area (Å²) in [6.07, 6.45) is 0. The molecule has 6 heteroatoms. The number of carbonyl (C=O) groups excluding carboxylic acids is 1. The zero-order chi connectivity index (χ0) is 18.8. The number of methoxy groups -OCH3 is 3. The topological polar surface area (TPSA) is 75.0 Å². The van der Waals surface area contributed by atoms with E-state index in [0.29, 0.717) is 22.1 Å². The molecule has 3 aromatic rings. The van der Waals surface area contributed by atoms with Crippen LogP contribution in [0.15, 0.2) is 45.6 Å². The van der Waals surface area contributed by atoms with Gasteiger partial charge in [0.05, 0.1) is 26.7 Å². The van der Waals surface area contributed by atoms with Gasteiger partial charge in [0.15, 0.2) is 5.76 Å². The fourth-order valence-electron chi connectivity index (χ4n) is 2.89. The minimum absolute atomic E-state index is 0.0459. The third-order valence-corrected chi connectivity index (χ3v) is 4.23. The maximum Gasteiger partial charge on any atom is 0.344 e. The van der Waals surface area contributed by atoms with Crippen molar-refractivity contribution in [3.05, 3.63) is 63.7 Å². The number of ether oxygens (including phenoxy) is 3. The summed E-state index contributed by atoms with van der Waals surface area (Å²) < 4.78 is 21.2. The van der Waals surface area contributed by atoms with Gasteiger partial charge in [0.25, 0.3) is 0 Å². The van der Waals surface area contributed by atoms with Crippen LogP contribution in [0.4, 0.5) is 0 Å². The van der Waals surface area contributed by atoms with E-state index in [-0.39, 0.29) is 22.8 Å². The van der Waals surface area contributed by atoms with Gasteiger partial charge in [-0.1, -0.05) is 18.2 Å². The van der Waals surface area contributed by atoms with Gasteiger partial charge in [-0.15, -0.1) is 0 Å². The van der Waals surface area contributed by atoms with E-state index in [1.165, 1.54) is 21.3 Å². The highest BCUT2D eigenvalue weighted by Crippen LogP contribution is 2.36. The van der Waals surface area contributed by atoms with E-state index < -0.39 is 11.4 Å². The predicted octanol–water partition coefficient (Wildman–Crippen LogP) is 3.36. The fraction of sp³-hybridized carbons (Fsp3) is 0.200. The van der Waals surface area contributed by atoms with Crippen LogP contribution in [0.3, 0.4) is 0 Å². The van der Waals surface area contributed by atoms with Crippen LogP contribution < -0.4 is 19.8 Å². The monoisotopic (exact) mass is 354 g/mol. The molecule has 134 valence electrons. The standard InChI is InChI=1S/C20H18O6/c1-11-13-7-5-6-8-14(13)20(22)26-19(11)18(21)17-15(24-3)9-12(23-2)10-16(17)25-4/h5-10H,1-4H3. The molecule has 26 heavy (non-hydrogen) atoms. The van der Waals surface area contributed by atoms with Crippen molar-refractivity contribution in [3.8, 4) is 17.2 Å². The predicted molar refractivity (Wildman–Crippen MR) is 96.8 cm³/mol. The second-order valence-corrected chi connectivity index (χ2v) is 5.63. The SMILES string of the molecule is COc1cc(OC)c(C(=O)c2oc(=O)c3ccccc3c2C)c(OC)c1. The molecule has 0 saturated heterocycles. The molecule has 0 spiro atoms. The molecule has 0 radical (unpaired) electrons. The van der Waals surface area contributed by atoms with Crippen molar-refractivity contribution in [1.29, 1.82) is 0 Å². The van der Waals surface area contributed by atoms with E-state index in [1.807, 2.05) is 0 Å². The van der Waals surface area contributed by atoms with Crippen molar-refractivity contribution in [2.24, 2.45) is 0 Å². The summed E-state index contributed by atoms with van der Waals surface area (Å²) >= 11 is 0. The second kappa shape index (κ2) is 6.92. The lowest BCUT2D eigenvalue weighted by Gasteiger charge is -2.15. The Balaban J connectivity index is 2.27. The molecule has 0 atom stereocenters. The molecule has 0 bridgehead atoms. The lowest BCUT2D eigenvalue weighted by atomic mass is 10.00. The summed E-state index contributed by atoms with van der Waals surface area (Å²) in [7, 11) is 4.38. The molecular weight excluding hydrogens is 336 g/mol. The Labute approximate surface area is 149 Å². The van der Waals surface area contributed by atoms with Gasteiger partial charge < -0.3 is 18.6 Å². The summed E-state index contributed by atoms with van der Waals surface area (Å²) in [5, 5.41) is 1.09. The lowest BCUT2D eigenvalue weighted by molar-refractivity contribution is 0.0998. The molecule has 0 amide bonds. The molecule has 3 rings (SSSR count). The van der Waals surface area contributed by atoms with Gasteiger partial charge in [-0.25, -0.2) is 4.79 Å². The van der Waals surface area contributed by atoms with Gasteiger partial charge in [-0.3, -0.25) is 4.79 Å². The molecule has 6 nitrogen and oxygen atoms in total. The van der Waals surface area contributed by atoms with Gasteiger partial charge in [-0.2, -0.15) is 0 Å². The Morgan fingerprint density at radius 1 is 0.923 bits per heavy atom. The molecule has 1 heterocycles. The van der Waals surface area contributed by atoms with Crippen molar-refractivity contribution in [1.82, 2.24) is 0 Å². The highest BCUT2D eigenvalue weighted by atomic mass is 16.5. The Bertz CT molecular complexity index is 1020.